The zero-order valence-electron chi connectivity index (χ0n) is 11.5. The number of furan rings is 1. The number of aliphatic hydroxyl groups excluding tert-OH is 1. The van der Waals surface area contributed by atoms with Gasteiger partial charge < -0.3 is 9.52 Å². The molecular formula is C12H21NO4S. The van der Waals surface area contributed by atoms with Gasteiger partial charge in [-0.1, -0.05) is 20.8 Å². The van der Waals surface area contributed by atoms with Crippen molar-refractivity contribution >= 4 is 10.0 Å². The Morgan fingerprint density at radius 1 is 1.39 bits per heavy atom. The minimum absolute atomic E-state index is 0.134. The van der Waals surface area contributed by atoms with Gasteiger partial charge in [0.2, 0.25) is 5.09 Å². The lowest BCUT2D eigenvalue weighted by atomic mass is 9.88. The number of aliphatic hydroxyl groups is 1. The van der Waals surface area contributed by atoms with E-state index in [9.17, 15) is 8.42 Å². The van der Waals surface area contributed by atoms with E-state index in [2.05, 4.69) is 0 Å². The van der Waals surface area contributed by atoms with Crippen molar-refractivity contribution in [3.05, 3.63) is 17.9 Å². The van der Waals surface area contributed by atoms with Gasteiger partial charge in [0.15, 0.2) is 0 Å². The number of nitrogens with zero attached hydrogens (tertiary/aromatic N) is 1. The van der Waals surface area contributed by atoms with Crippen molar-refractivity contribution in [3.8, 4) is 0 Å². The largest absolute Gasteiger partial charge is 0.446 e. The molecule has 1 aromatic heterocycles. The summed E-state index contributed by atoms with van der Waals surface area (Å²) < 4.78 is 31.0. The maximum atomic E-state index is 12.3. The van der Waals surface area contributed by atoms with Crippen LogP contribution in [0.3, 0.4) is 0 Å². The number of hydrogen-bond donors (Lipinski definition) is 1. The average molecular weight is 275 g/mol. The number of sulfonamides is 1. The molecule has 0 radical (unpaired) electrons. The number of hydrogen-bond acceptors (Lipinski definition) is 4. The predicted octanol–water partition coefficient (Wildman–Crippen LogP) is 1.83. The van der Waals surface area contributed by atoms with E-state index in [0.717, 1.165) is 0 Å². The molecule has 0 aromatic carbocycles. The van der Waals surface area contributed by atoms with E-state index < -0.39 is 10.0 Å². The van der Waals surface area contributed by atoms with Crippen LogP contribution in [0.25, 0.3) is 0 Å². The minimum atomic E-state index is -3.66. The summed E-state index contributed by atoms with van der Waals surface area (Å²) in [5, 5.41) is 8.76. The quantitative estimate of drug-likeness (QED) is 0.910. The van der Waals surface area contributed by atoms with Crippen LogP contribution in [0.5, 0.6) is 0 Å². The van der Waals surface area contributed by atoms with Crippen LogP contribution in [0.1, 0.15) is 33.5 Å². The fraction of sp³-hybridized carbons (Fsp3) is 0.667. The van der Waals surface area contributed by atoms with Crippen LogP contribution in [-0.4, -0.2) is 30.9 Å². The van der Waals surface area contributed by atoms with E-state index in [0.29, 0.717) is 0 Å². The van der Waals surface area contributed by atoms with Crippen molar-refractivity contribution < 1.29 is 17.9 Å². The van der Waals surface area contributed by atoms with E-state index in [-0.39, 0.29) is 28.9 Å². The van der Waals surface area contributed by atoms with Gasteiger partial charge in [-0.15, -0.1) is 0 Å². The summed E-state index contributed by atoms with van der Waals surface area (Å²) in [6.07, 6.45) is 0. The minimum Gasteiger partial charge on any atom is -0.446 e. The summed E-state index contributed by atoms with van der Waals surface area (Å²) in [6.45, 7) is 7.47. The van der Waals surface area contributed by atoms with Crippen LogP contribution in [0, 0.1) is 5.41 Å². The predicted molar refractivity (Wildman–Crippen MR) is 68.5 cm³/mol. The molecule has 1 unspecified atom stereocenters. The standard InChI is InChI=1S/C12H21NO4S/c1-9(12(2,3)4)13(5)18(15,16)11-7-6-10(8-14)17-11/h6-7,9,14H,8H2,1-5H3. The molecule has 0 amide bonds. The maximum absolute atomic E-state index is 12.3. The molecule has 18 heavy (non-hydrogen) atoms. The second-order valence-electron chi connectivity index (χ2n) is 5.44. The summed E-state index contributed by atoms with van der Waals surface area (Å²) in [5.41, 5.74) is -0.172. The van der Waals surface area contributed by atoms with Crippen LogP contribution in [0.2, 0.25) is 0 Å². The Morgan fingerprint density at radius 2 is 1.94 bits per heavy atom. The van der Waals surface area contributed by atoms with Crippen LogP contribution in [0.4, 0.5) is 0 Å². The molecule has 1 aromatic rings. The molecule has 104 valence electrons. The molecule has 0 saturated heterocycles. The first-order valence-electron chi connectivity index (χ1n) is 5.78. The smallest absolute Gasteiger partial charge is 0.276 e. The molecule has 5 nitrogen and oxygen atoms in total. The molecule has 1 rings (SSSR count). The summed E-state index contributed by atoms with van der Waals surface area (Å²) in [6, 6.07) is 2.65. The summed E-state index contributed by atoms with van der Waals surface area (Å²) in [4.78, 5) is 0. The van der Waals surface area contributed by atoms with Crippen molar-refractivity contribution in [1.82, 2.24) is 4.31 Å². The van der Waals surface area contributed by atoms with Crippen LogP contribution in [0.15, 0.2) is 21.6 Å². The zero-order valence-corrected chi connectivity index (χ0v) is 12.3. The van der Waals surface area contributed by atoms with Crippen molar-refractivity contribution in [1.29, 1.82) is 0 Å². The van der Waals surface area contributed by atoms with E-state index in [1.54, 1.807) is 0 Å². The highest BCUT2D eigenvalue weighted by molar-refractivity contribution is 7.89. The van der Waals surface area contributed by atoms with Gasteiger partial charge in [0.05, 0.1) is 0 Å². The molecule has 1 atom stereocenters. The Morgan fingerprint density at radius 3 is 2.33 bits per heavy atom. The molecule has 6 heteroatoms. The first kappa shape index (κ1) is 15.2. The SMILES string of the molecule is CC(N(C)S(=O)(=O)c1ccc(CO)o1)C(C)(C)C. The van der Waals surface area contributed by atoms with Crippen LogP contribution in [-0.2, 0) is 16.6 Å². The lowest BCUT2D eigenvalue weighted by Crippen LogP contribution is -2.42. The maximum Gasteiger partial charge on any atom is 0.276 e. The van der Waals surface area contributed by atoms with Gasteiger partial charge in [-0.3, -0.25) is 0 Å². The summed E-state index contributed by atoms with van der Waals surface area (Å²) >= 11 is 0. The Hall–Kier alpha value is -0.850. The van der Waals surface area contributed by atoms with E-state index in [1.807, 2.05) is 27.7 Å². The Bertz CT molecular complexity index is 498. The Labute approximate surface area is 108 Å². The Kier molecular flexibility index (Phi) is 4.25. The zero-order chi connectivity index (χ0) is 14.1. The fourth-order valence-corrected chi connectivity index (χ4v) is 2.95. The molecular weight excluding hydrogens is 254 g/mol. The first-order chi connectivity index (χ1) is 8.10. The highest BCUT2D eigenvalue weighted by atomic mass is 32.2. The van der Waals surface area contributed by atoms with Crippen molar-refractivity contribution in [2.24, 2.45) is 5.41 Å². The lowest BCUT2D eigenvalue weighted by Gasteiger charge is -2.33. The third-order valence-electron chi connectivity index (χ3n) is 3.22. The third kappa shape index (κ3) is 2.93. The fourth-order valence-electron chi connectivity index (χ4n) is 1.48. The van der Waals surface area contributed by atoms with Gasteiger partial charge in [-0.25, -0.2) is 8.42 Å². The van der Waals surface area contributed by atoms with Gasteiger partial charge in [0.25, 0.3) is 10.0 Å². The van der Waals surface area contributed by atoms with Crippen molar-refractivity contribution in [2.75, 3.05) is 7.05 Å². The van der Waals surface area contributed by atoms with Crippen LogP contribution >= 0.6 is 0 Å². The summed E-state index contributed by atoms with van der Waals surface area (Å²) in [5.74, 6) is 0.241. The molecule has 1 N–H and O–H groups in total. The topological polar surface area (TPSA) is 70.8 Å². The highest BCUT2D eigenvalue weighted by Gasteiger charge is 2.34. The third-order valence-corrected chi connectivity index (χ3v) is 5.03. The van der Waals surface area contributed by atoms with Crippen LogP contribution < -0.4 is 0 Å². The van der Waals surface area contributed by atoms with Gasteiger partial charge in [-0.05, 0) is 24.5 Å². The summed E-state index contributed by atoms with van der Waals surface area (Å²) in [7, 11) is -2.12. The van der Waals surface area contributed by atoms with Gasteiger partial charge in [-0.2, -0.15) is 4.31 Å². The van der Waals surface area contributed by atoms with E-state index in [4.69, 9.17) is 9.52 Å². The molecule has 0 fully saturated rings. The molecule has 0 saturated carbocycles. The van der Waals surface area contributed by atoms with Gasteiger partial charge >= 0.3 is 0 Å². The Balaban J connectivity index is 3.07. The van der Waals surface area contributed by atoms with Gasteiger partial charge in [0, 0.05) is 13.1 Å². The van der Waals surface area contributed by atoms with E-state index >= 15 is 0 Å². The van der Waals surface area contributed by atoms with Crippen molar-refractivity contribution in [2.45, 2.75) is 45.4 Å². The molecule has 0 aliphatic heterocycles. The highest BCUT2D eigenvalue weighted by Crippen LogP contribution is 2.28. The van der Waals surface area contributed by atoms with Gasteiger partial charge in [0.1, 0.15) is 12.4 Å². The normalized spacial score (nSPS) is 15.1. The molecule has 0 aliphatic rings. The monoisotopic (exact) mass is 275 g/mol. The average Bonchev–Trinajstić information content (AvgIpc) is 2.74. The van der Waals surface area contributed by atoms with Crippen molar-refractivity contribution in [3.63, 3.8) is 0 Å². The molecule has 0 aliphatic carbocycles. The second kappa shape index (κ2) is 5.03. The second-order valence-corrected chi connectivity index (χ2v) is 7.37. The first-order valence-corrected chi connectivity index (χ1v) is 7.22. The lowest BCUT2D eigenvalue weighted by molar-refractivity contribution is 0.209. The number of rotatable bonds is 4. The molecule has 0 bridgehead atoms. The molecule has 1 heterocycles. The molecule has 0 spiro atoms. The van der Waals surface area contributed by atoms with E-state index in [1.165, 1.54) is 23.5 Å².